The van der Waals surface area contributed by atoms with Crippen LogP contribution < -0.4 is 4.74 Å². The number of aliphatic hydroxyl groups is 1. The van der Waals surface area contributed by atoms with Crippen LogP contribution in [-0.4, -0.2) is 16.8 Å². The van der Waals surface area contributed by atoms with Gasteiger partial charge < -0.3 is 14.6 Å². The van der Waals surface area contributed by atoms with Gasteiger partial charge in [-0.15, -0.1) is 0 Å². The Bertz CT molecular complexity index is 1080. The summed E-state index contributed by atoms with van der Waals surface area (Å²) in [5.74, 6) is 1.36. The molecule has 3 aromatic carbocycles. The van der Waals surface area contributed by atoms with Gasteiger partial charge in [-0.25, -0.2) is 0 Å². The SMILES string of the molecule is CC1(C)Oc2ccc(CO)cc2[C@H]2O[C@H](Cc3ccccc3)[C@@H](c3ccc(Br)cc3)C[C@@H]21. The van der Waals surface area contributed by atoms with Gasteiger partial charge in [0, 0.05) is 21.9 Å². The highest BCUT2D eigenvalue weighted by Crippen LogP contribution is 2.54. The van der Waals surface area contributed by atoms with Crippen molar-refractivity contribution in [2.45, 2.75) is 57.0 Å². The molecule has 2 aliphatic rings. The summed E-state index contributed by atoms with van der Waals surface area (Å²) in [4.78, 5) is 0. The molecule has 4 atom stereocenters. The standard InChI is InChI=1S/C28H29BrO3/c1-28(2)24-16-22(20-9-11-21(29)12-10-20)26(15-18-6-4-3-5-7-18)31-27(24)23-14-19(17-30)8-13-25(23)32-28/h3-14,22,24,26-27,30H,15-17H2,1-2H3/t22-,24+,26-,27-/m1/s1. The average molecular weight is 493 g/mol. The number of hydrogen-bond acceptors (Lipinski definition) is 3. The van der Waals surface area contributed by atoms with E-state index in [-0.39, 0.29) is 36.3 Å². The van der Waals surface area contributed by atoms with Crippen LogP contribution in [0.1, 0.15) is 54.5 Å². The lowest BCUT2D eigenvalue weighted by Gasteiger charge is -2.51. The molecule has 0 amide bonds. The fourth-order valence-corrected chi connectivity index (χ4v) is 5.60. The molecule has 0 saturated carbocycles. The molecule has 0 aliphatic carbocycles. The molecular weight excluding hydrogens is 464 g/mol. The molecule has 0 spiro atoms. The lowest BCUT2D eigenvalue weighted by Crippen LogP contribution is -2.50. The maximum atomic E-state index is 9.71. The van der Waals surface area contributed by atoms with E-state index in [0.717, 1.165) is 34.2 Å². The van der Waals surface area contributed by atoms with Gasteiger partial charge in [0.05, 0.1) is 18.8 Å². The molecule has 0 bridgehead atoms. The summed E-state index contributed by atoms with van der Waals surface area (Å²) in [6.07, 6.45) is 1.85. The summed E-state index contributed by atoms with van der Waals surface area (Å²) < 4.78 is 14.5. The topological polar surface area (TPSA) is 38.7 Å². The van der Waals surface area contributed by atoms with E-state index >= 15 is 0 Å². The molecule has 2 heterocycles. The maximum Gasteiger partial charge on any atom is 0.125 e. The molecule has 3 nitrogen and oxygen atoms in total. The Morgan fingerprint density at radius 2 is 1.72 bits per heavy atom. The lowest BCUT2D eigenvalue weighted by atomic mass is 9.69. The molecule has 1 N–H and O–H groups in total. The Morgan fingerprint density at radius 1 is 0.969 bits per heavy atom. The van der Waals surface area contributed by atoms with Crippen LogP contribution in [0, 0.1) is 5.92 Å². The molecule has 5 rings (SSSR count). The minimum atomic E-state index is -0.344. The molecule has 3 aromatic rings. The largest absolute Gasteiger partial charge is 0.487 e. The highest BCUT2D eigenvalue weighted by Gasteiger charge is 2.50. The molecule has 0 radical (unpaired) electrons. The number of halogens is 1. The molecule has 1 fully saturated rings. The van der Waals surface area contributed by atoms with Crippen molar-refractivity contribution in [3.8, 4) is 5.75 Å². The molecule has 166 valence electrons. The van der Waals surface area contributed by atoms with Crippen LogP contribution in [0.3, 0.4) is 0 Å². The second kappa shape index (κ2) is 8.66. The molecule has 32 heavy (non-hydrogen) atoms. The summed E-state index contributed by atoms with van der Waals surface area (Å²) in [5, 5.41) is 9.71. The highest BCUT2D eigenvalue weighted by molar-refractivity contribution is 9.10. The van der Waals surface area contributed by atoms with E-state index in [2.05, 4.69) is 90.4 Å². The third kappa shape index (κ3) is 4.12. The Hall–Kier alpha value is -2.14. The summed E-state index contributed by atoms with van der Waals surface area (Å²) >= 11 is 3.57. The highest BCUT2D eigenvalue weighted by atomic mass is 79.9. The number of ether oxygens (including phenoxy) is 2. The smallest absolute Gasteiger partial charge is 0.125 e. The Kier molecular flexibility index (Phi) is 5.87. The minimum Gasteiger partial charge on any atom is -0.487 e. The number of rotatable bonds is 4. The fourth-order valence-electron chi connectivity index (χ4n) is 5.33. The van der Waals surface area contributed by atoms with E-state index in [1.165, 1.54) is 11.1 Å². The van der Waals surface area contributed by atoms with Gasteiger partial charge in [0.15, 0.2) is 0 Å². The van der Waals surface area contributed by atoms with Crippen LogP contribution in [0.2, 0.25) is 0 Å². The first-order chi connectivity index (χ1) is 15.4. The predicted octanol–water partition coefficient (Wildman–Crippen LogP) is 6.59. The quantitative estimate of drug-likeness (QED) is 0.446. The van der Waals surface area contributed by atoms with Gasteiger partial charge in [-0.1, -0.05) is 64.5 Å². The van der Waals surface area contributed by atoms with Crippen molar-refractivity contribution in [2.24, 2.45) is 5.92 Å². The number of hydrogen-bond donors (Lipinski definition) is 1. The lowest BCUT2D eigenvalue weighted by molar-refractivity contribution is -0.158. The second-order valence-electron chi connectivity index (χ2n) is 9.52. The third-order valence-electron chi connectivity index (χ3n) is 7.05. The normalized spacial score (nSPS) is 26.0. The van der Waals surface area contributed by atoms with Crippen molar-refractivity contribution in [1.82, 2.24) is 0 Å². The Morgan fingerprint density at radius 3 is 2.44 bits per heavy atom. The maximum absolute atomic E-state index is 9.71. The molecule has 1 saturated heterocycles. The van der Waals surface area contributed by atoms with Crippen molar-refractivity contribution in [1.29, 1.82) is 0 Å². The number of benzene rings is 3. The average Bonchev–Trinajstić information content (AvgIpc) is 2.80. The molecule has 0 aromatic heterocycles. The van der Waals surface area contributed by atoms with Gasteiger partial charge in [0.2, 0.25) is 0 Å². The van der Waals surface area contributed by atoms with Crippen LogP contribution in [0.15, 0.2) is 77.3 Å². The first-order valence-electron chi connectivity index (χ1n) is 11.3. The van der Waals surface area contributed by atoms with E-state index in [1.807, 2.05) is 12.1 Å². The molecule has 2 aliphatic heterocycles. The van der Waals surface area contributed by atoms with Gasteiger partial charge >= 0.3 is 0 Å². The van der Waals surface area contributed by atoms with Gasteiger partial charge in [0.25, 0.3) is 0 Å². The fraction of sp³-hybridized carbons (Fsp3) is 0.357. The summed E-state index contributed by atoms with van der Waals surface area (Å²) in [6.45, 7) is 4.36. The van der Waals surface area contributed by atoms with E-state index < -0.39 is 0 Å². The van der Waals surface area contributed by atoms with Crippen molar-refractivity contribution in [3.63, 3.8) is 0 Å². The predicted molar refractivity (Wildman–Crippen MR) is 130 cm³/mol. The number of fused-ring (bicyclic) bond motifs is 3. The van der Waals surface area contributed by atoms with Crippen LogP contribution in [0.4, 0.5) is 0 Å². The van der Waals surface area contributed by atoms with Crippen LogP contribution in [-0.2, 0) is 17.8 Å². The van der Waals surface area contributed by atoms with E-state index in [9.17, 15) is 5.11 Å². The molecule has 4 heteroatoms. The van der Waals surface area contributed by atoms with Crippen LogP contribution in [0.25, 0.3) is 0 Å². The zero-order valence-electron chi connectivity index (χ0n) is 18.5. The first kappa shape index (κ1) is 21.7. The monoisotopic (exact) mass is 492 g/mol. The summed E-state index contributed by atoms with van der Waals surface area (Å²) in [6, 6.07) is 25.2. The van der Waals surface area contributed by atoms with Crippen molar-refractivity contribution < 1.29 is 14.6 Å². The van der Waals surface area contributed by atoms with Crippen LogP contribution in [0.5, 0.6) is 5.75 Å². The van der Waals surface area contributed by atoms with Crippen molar-refractivity contribution >= 4 is 15.9 Å². The van der Waals surface area contributed by atoms with Gasteiger partial charge in [-0.3, -0.25) is 0 Å². The van der Waals surface area contributed by atoms with E-state index in [0.29, 0.717) is 0 Å². The Labute approximate surface area is 198 Å². The Balaban J connectivity index is 1.56. The van der Waals surface area contributed by atoms with Gasteiger partial charge in [-0.05, 0) is 67.6 Å². The molecule has 0 unspecified atom stereocenters. The first-order valence-corrected chi connectivity index (χ1v) is 12.1. The van der Waals surface area contributed by atoms with Gasteiger partial charge in [-0.2, -0.15) is 0 Å². The van der Waals surface area contributed by atoms with E-state index in [1.54, 1.807) is 0 Å². The van der Waals surface area contributed by atoms with Crippen LogP contribution >= 0.6 is 15.9 Å². The van der Waals surface area contributed by atoms with Gasteiger partial charge in [0.1, 0.15) is 11.4 Å². The molecular formula is C28H29BrO3. The van der Waals surface area contributed by atoms with E-state index in [4.69, 9.17) is 9.47 Å². The number of aliphatic hydroxyl groups excluding tert-OH is 1. The van der Waals surface area contributed by atoms with Crippen molar-refractivity contribution in [2.75, 3.05) is 0 Å². The third-order valence-corrected chi connectivity index (χ3v) is 7.58. The summed E-state index contributed by atoms with van der Waals surface area (Å²) in [7, 11) is 0. The van der Waals surface area contributed by atoms with Crippen molar-refractivity contribution in [3.05, 3.63) is 99.5 Å². The zero-order chi connectivity index (χ0) is 22.3. The zero-order valence-corrected chi connectivity index (χ0v) is 20.1. The summed E-state index contributed by atoms with van der Waals surface area (Å²) in [5.41, 5.74) is 4.20. The second-order valence-corrected chi connectivity index (χ2v) is 10.4. The minimum absolute atomic E-state index is 0.0169.